The molecule has 1 rings (SSSR count). The van der Waals surface area contributed by atoms with Crippen molar-refractivity contribution < 1.29 is 33.6 Å². The SMILES string of the molecule is CC[C@H](O[P@@](CCC(N)(N)C(=O)O)Oc1ccccc1)C(=O)NCC(=O)O. The van der Waals surface area contributed by atoms with E-state index >= 15 is 0 Å². The van der Waals surface area contributed by atoms with Gasteiger partial charge in [-0.3, -0.25) is 9.59 Å². The number of rotatable bonds is 12. The predicted molar refractivity (Wildman–Crippen MR) is 98.0 cm³/mol. The van der Waals surface area contributed by atoms with E-state index in [1.165, 1.54) is 0 Å². The zero-order valence-corrected chi connectivity index (χ0v) is 15.7. The molecule has 0 bridgehead atoms. The number of aliphatic carboxylic acids is 2. The maximum Gasteiger partial charge on any atom is 0.338 e. The summed E-state index contributed by atoms with van der Waals surface area (Å²) in [6, 6.07) is 8.64. The maximum atomic E-state index is 12.1. The minimum Gasteiger partial charge on any atom is -0.480 e. The van der Waals surface area contributed by atoms with E-state index in [1.54, 1.807) is 37.3 Å². The number of benzene rings is 1. The Hall–Kier alpha value is -2.26. The molecule has 0 saturated heterocycles. The van der Waals surface area contributed by atoms with E-state index < -0.39 is 44.5 Å². The van der Waals surface area contributed by atoms with Gasteiger partial charge in [-0.05, 0) is 25.0 Å². The third-order valence-electron chi connectivity index (χ3n) is 3.38. The highest BCUT2D eigenvalue weighted by atomic mass is 31.2. The van der Waals surface area contributed by atoms with E-state index in [2.05, 4.69) is 5.32 Å². The number of nitrogens with two attached hydrogens (primary N) is 2. The monoisotopic (exact) mass is 401 g/mol. The molecule has 11 heteroatoms. The van der Waals surface area contributed by atoms with Gasteiger partial charge in [0, 0.05) is 6.16 Å². The number of carboxylic acid groups (broad SMARTS) is 2. The molecule has 150 valence electrons. The highest BCUT2D eigenvalue weighted by molar-refractivity contribution is 7.47. The second kappa shape index (κ2) is 10.8. The quantitative estimate of drug-likeness (QED) is 0.246. The largest absolute Gasteiger partial charge is 0.480 e. The average Bonchev–Trinajstić information content (AvgIpc) is 2.62. The van der Waals surface area contributed by atoms with Crippen molar-refractivity contribution in [3.8, 4) is 5.75 Å². The Kier molecular flexibility index (Phi) is 9.10. The van der Waals surface area contributed by atoms with Crippen LogP contribution >= 0.6 is 8.38 Å². The average molecular weight is 401 g/mol. The first-order valence-electron chi connectivity index (χ1n) is 8.13. The second-order valence-electron chi connectivity index (χ2n) is 5.67. The van der Waals surface area contributed by atoms with Crippen LogP contribution < -0.4 is 21.3 Å². The molecule has 0 radical (unpaired) electrons. The highest BCUT2D eigenvalue weighted by Gasteiger charge is 2.32. The third-order valence-corrected chi connectivity index (χ3v) is 4.87. The van der Waals surface area contributed by atoms with Crippen molar-refractivity contribution in [3.05, 3.63) is 30.3 Å². The van der Waals surface area contributed by atoms with Gasteiger partial charge < -0.3 is 36.0 Å². The Morgan fingerprint density at radius 2 is 1.85 bits per heavy atom. The molecular formula is C16H24N3O7P. The molecular weight excluding hydrogens is 377 g/mol. The summed E-state index contributed by atoms with van der Waals surface area (Å²) < 4.78 is 11.4. The summed E-state index contributed by atoms with van der Waals surface area (Å²) in [5, 5.41) is 19.9. The first-order valence-corrected chi connectivity index (χ1v) is 9.50. The number of para-hydroxylation sites is 1. The van der Waals surface area contributed by atoms with E-state index in [9.17, 15) is 14.4 Å². The van der Waals surface area contributed by atoms with Crippen molar-refractivity contribution in [2.75, 3.05) is 12.7 Å². The Morgan fingerprint density at radius 1 is 1.22 bits per heavy atom. The van der Waals surface area contributed by atoms with Crippen LogP contribution in [0.5, 0.6) is 5.75 Å². The van der Waals surface area contributed by atoms with Gasteiger partial charge in [0.1, 0.15) is 18.4 Å². The lowest BCUT2D eigenvalue weighted by molar-refractivity contribution is -0.143. The lowest BCUT2D eigenvalue weighted by Gasteiger charge is -2.26. The topological polar surface area (TPSA) is 174 Å². The van der Waals surface area contributed by atoms with Crippen LogP contribution in [0.2, 0.25) is 0 Å². The molecule has 27 heavy (non-hydrogen) atoms. The van der Waals surface area contributed by atoms with Gasteiger partial charge in [-0.25, -0.2) is 4.79 Å². The molecule has 0 fully saturated rings. The summed E-state index contributed by atoms with van der Waals surface area (Å²) in [4.78, 5) is 33.8. The van der Waals surface area contributed by atoms with Gasteiger partial charge in [0.2, 0.25) is 14.3 Å². The van der Waals surface area contributed by atoms with Crippen LogP contribution in [0.25, 0.3) is 0 Å². The molecule has 0 saturated carbocycles. The van der Waals surface area contributed by atoms with Gasteiger partial charge in [0.15, 0.2) is 5.66 Å². The Labute approximate surface area is 157 Å². The number of carbonyl (C=O) groups is 3. The third kappa shape index (κ3) is 8.31. The van der Waals surface area contributed by atoms with Crippen molar-refractivity contribution in [2.24, 2.45) is 11.5 Å². The number of hydrogen-bond donors (Lipinski definition) is 5. The summed E-state index contributed by atoms with van der Waals surface area (Å²) in [6.07, 6.45) is -0.785. The minimum atomic E-state index is -1.96. The van der Waals surface area contributed by atoms with Gasteiger partial charge in [-0.15, -0.1) is 0 Å². The van der Waals surface area contributed by atoms with Crippen molar-refractivity contribution in [1.29, 1.82) is 0 Å². The summed E-state index contributed by atoms with van der Waals surface area (Å²) in [6.45, 7) is 1.15. The molecule has 2 atom stereocenters. The van der Waals surface area contributed by atoms with E-state index in [1.807, 2.05) is 0 Å². The number of amides is 1. The molecule has 0 aliphatic rings. The molecule has 1 aromatic carbocycles. The molecule has 10 nitrogen and oxygen atoms in total. The van der Waals surface area contributed by atoms with Crippen LogP contribution in [0, 0.1) is 0 Å². The molecule has 0 aliphatic heterocycles. The normalized spacial score (nSPS) is 13.4. The highest BCUT2D eigenvalue weighted by Crippen LogP contribution is 2.42. The van der Waals surface area contributed by atoms with E-state index in [-0.39, 0.29) is 19.0 Å². The number of nitrogens with one attached hydrogen (secondary N) is 1. The lowest BCUT2D eigenvalue weighted by atomic mass is 10.1. The maximum absolute atomic E-state index is 12.1. The van der Waals surface area contributed by atoms with E-state index in [0.29, 0.717) is 5.75 Å². The van der Waals surface area contributed by atoms with Crippen LogP contribution in [-0.4, -0.2) is 52.5 Å². The van der Waals surface area contributed by atoms with Gasteiger partial charge in [0.05, 0.1) is 0 Å². The Bertz CT molecular complexity index is 642. The Balaban J connectivity index is 2.83. The van der Waals surface area contributed by atoms with Crippen molar-refractivity contribution >= 4 is 26.2 Å². The molecule has 0 aromatic heterocycles. The fourth-order valence-corrected chi connectivity index (χ4v) is 3.51. The summed E-state index contributed by atoms with van der Waals surface area (Å²) >= 11 is 0. The summed E-state index contributed by atoms with van der Waals surface area (Å²) in [7, 11) is -1.76. The fourth-order valence-electron chi connectivity index (χ4n) is 1.83. The van der Waals surface area contributed by atoms with Crippen LogP contribution in [-0.2, 0) is 18.9 Å². The molecule has 0 heterocycles. The van der Waals surface area contributed by atoms with E-state index in [4.69, 9.17) is 30.7 Å². The van der Waals surface area contributed by atoms with Gasteiger partial charge in [-0.1, -0.05) is 25.1 Å². The molecule has 0 unspecified atom stereocenters. The van der Waals surface area contributed by atoms with Gasteiger partial charge >= 0.3 is 11.9 Å². The smallest absolute Gasteiger partial charge is 0.338 e. The van der Waals surface area contributed by atoms with Gasteiger partial charge in [-0.2, -0.15) is 0 Å². The Morgan fingerprint density at radius 3 is 2.37 bits per heavy atom. The van der Waals surface area contributed by atoms with E-state index in [0.717, 1.165) is 0 Å². The lowest BCUT2D eigenvalue weighted by Crippen LogP contribution is -2.56. The number of carboxylic acids is 2. The predicted octanol–water partition coefficient (Wildman–Crippen LogP) is 0.462. The molecule has 7 N–H and O–H groups in total. The second-order valence-corrected chi connectivity index (χ2v) is 7.18. The van der Waals surface area contributed by atoms with Crippen LogP contribution in [0.3, 0.4) is 0 Å². The summed E-state index contributed by atoms with van der Waals surface area (Å²) in [5.74, 6) is -2.68. The standard InChI is InChI=1S/C16H24N3O7P/c1-2-12(14(22)19-10-13(20)21)26-27(9-8-16(17,18)15(23)24)25-11-6-4-3-5-7-11/h3-7,12H,2,8-10,17-18H2,1H3,(H,19,22)(H,20,21)(H,23,24)/t12-,27-/m0/s1. The van der Waals surface area contributed by atoms with Crippen molar-refractivity contribution in [2.45, 2.75) is 31.5 Å². The summed E-state index contributed by atoms with van der Waals surface area (Å²) in [5.41, 5.74) is 9.12. The van der Waals surface area contributed by atoms with Crippen LogP contribution in [0.15, 0.2) is 30.3 Å². The molecule has 1 aromatic rings. The van der Waals surface area contributed by atoms with Crippen molar-refractivity contribution in [3.63, 3.8) is 0 Å². The van der Waals surface area contributed by atoms with Crippen LogP contribution in [0.4, 0.5) is 0 Å². The molecule has 0 spiro atoms. The van der Waals surface area contributed by atoms with Crippen molar-refractivity contribution in [1.82, 2.24) is 5.32 Å². The first kappa shape index (κ1) is 22.8. The van der Waals surface area contributed by atoms with Gasteiger partial charge in [0.25, 0.3) is 0 Å². The molecule has 0 aliphatic carbocycles. The zero-order chi connectivity index (χ0) is 20.4. The minimum absolute atomic E-state index is 0.0617. The number of carbonyl (C=O) groups excluding carboxylic acids is 1. The molecule has 1 amide bonds. The first-order chi connectivity index (χ1) is 12.7. The van der Waals surface area contributed by atoms with Crippen LogP contribution in [0.1, 0.15) is 19.8 Å². The fraction of sp³-hybridized carbons (Fsp3) is 0.438. The zero-order valence-electron chi connectivity index (χ0n) is 14.8. The number of hydrogen-bond acceptors (Lipinski definition) is 7.